The van der Waals surface area contributed by atoms with Gasteiger partial charge in [0.15, 0.2) is 0 Å². The molecule has 3 rings (SSSR count). The second-order valence-corrected chi connectivity index (χ2v) is 8.58. The Morgan fingerprint density at radius 3 is 2.44 bits per heavy atom. The Kier molecular flexibility index (Phi) is 8.54. The molecule has 32 heavy (non-hydrogen) atoms. The van der Waals surface area contributed by atoms with Gasteiger partial charge in [0.1, 0.15) is 11.5 Å². The van der Waals surface area contributed by atoms with Crippen molar-refractivity contribution in [3.8, 4) is 11.5 Å². The third kappa shape index (κ3) is 6.74. The van der Waals surface area contributed by atoms with Gasteiger partial charge >= 0.3 is 0 Å². The zero-order valence-electron chi connectivity index (χ0n) is 19.3. The summed E-state index contributed by atoms with van der Waals surface area (Å²) < 4.78 is 10.6. The molecule has 2 N–H and O–H groups in total. The summed E-state index contributed by atoms with van der Waals surface area (Å²) in [6.07, 6.45) is 3.88. The van der Waals surface area contributed by atoms with Crippen LogP contribution in [-0.2, 0) is 22.6 Å². The van der Waals surface area contributed by atoms with Gasteiger partial charge in [0.2, 0.25) is 11.8 Å². The van der Waals surface area contributed by atoms with Gasteiger partial charge in [0.05, 0.1) is 20.6 Å². The summed E-state index contributed by atoms with van der Waals surface area (Å²) >= 11 is 0. The number of hydrogen-bond acceptors (Lipinski definition) is 4. The van der Waals surface area contributed by atoms with Gasteiger partial charge in [-0.25, -0.2) is 0 Å². The number of carbonyl (C=O) groups excluding carboxylic acids is 2. The highest BCUT2D eigenvalue weighted by Gasteiger charge is 2.26. The molecule has 1 fully saturated rings. The highest BCUT2D eigenvalue weighted by molar-refractivity contribution is 5.80. The monoisotopic (exact) mass is 438 g/mol. The van der Waals surface area contributed by atoms with Crippen LogP contribution >= 0.6 is 0 Å². The Morgan fingerprint density at radius 2 is 1.75 bits per heavy atom. The maximum Gasteiger partial charge on any atom is 0.224 e. The van der Waals surface area contributed by atoms with Crippen molar-refractivity contribution in [3.05, 3.63) is 59.2 Å². The maximum absolute atomic E-state index is 12.5. The standard InChI is InChI=1S/C26H34N2O4/c1-18-5-4-6-20(13-18)17-28-26(30)21-9-7-19(8-10-21)16-27-25(29)15-22-14-23(31-2)11-12-24(22)32-3/h4-6,11-14,19,21H,7-10,15-17H2,1-3H3,(H,27,29)(H,28,30). The first-order chi connectivity index (χ1) is 15.5. The summed E-state index contributed by atoms with van der Waals surface area (Å²) in [5.41, 5.74) is 3.13. The summed E-state index contributed by atoms with van der Waals surface area (Å²) in [4.78, 5) is 25.0. The van der Waals surface area contributed by atoms with Crippen LogP contribution in [0.15, 0.2) is 42.5 Å². The van der Waals surface area contributed by atoms with Crippen LogP contribution in [0.2, 0.25) is 0 Å². The second-order valence-electron chi connectivity index (χ2n) is 8.58. The van der Waals surface area contributed by atoms with Gasteiger partial charge in [-0.15, -0.1) is 0 Å². The van der Waals surface area contributed by atoms with E-state index >= 15 is 0 Å². The molecule has 2 aromatic carbocycles. The third-order valence-corrected chi connectivity index (χ3v) is 6.19. The average Bonchev–Trinajstić information content (AvgIpc) is 2.81. The van der Waals surface area contributed by atoms with Crippen molar-refractivity contribution in [1.82, 2.24) is 10.6 Å². The SMILES string of the molecule is COc1ccc(OC)c(CC(=O)NCC2CCC(C(=O)NCc3cccc(C)c3)CC2)c1. The van der Waals surface area contributed by atoms with Crippen molar-refractivity contribution >= 4 is 11.8 Å². The molecule has 1 saturated carbocycles. The molecule has 6 nitrogen and oxygen atoms in total. The minimum Gasteiger partial charge on any atom is -0.497 e. The number of carbonyl (C=O) groups is 2. The zero-order valence-corrected chi connectivity index (χ0v) is 19.3. The second kappa shape index (κ2) is 11.6. The van der Waals surface area contributed by atoms with Crippen molar-refractivity contribution in [2.24, 2.45) is 11.8 Å². The normalized spacial score (nSPS) is 18.0. The van der Waals surface area contributed by atoms with Crippen LogP contribution in [0.3, 0.4) is 0 Å². The summed E-state index contributed by atoms with van der Waals surface area (Å²) in [6.45, 7) is 3.27. The van der Waals surface area contributed by atoms with Crippen LogP contribution in [0, 0.1) is 18.8 Å². The first-order valence-corrected chi connectivity index (χ1v) is 11.3. The summed E-state index contributed by atoms with van der Waals surface area (Å²) in [6, 6.07) is 13.7. The van der Waals surface area contributed by atoms with E-state index in [9.17, 15) is 9.59 Å². The largest absolute Gasteiger partial charge is 0.497 e. The summed E-state index contributed by atoms with van der Waals surface area (Å²) in [7, 11) is 3.20. The maximum atomic E-state index is 12.5. The van der Waals surface area contributed by atoms with Gasteiger partial charge in [-0.05, 0) is 62.3 Å². The molecular formula is C26H34N2O4. The Balaban J connectivity index is 1.39. The molecule has 0 unspecified atom stereocenters. The highest BCUT2D eigenvalue weighted by atomic mass is 16.5. The number of benzene rings is 2. The lowest BCUT2D eigenvalue weighted by Gasteiger charge is -2.28. The molecule has 0 spiro atoms. The van der Waals surface area contributed by atoms with E-state index in [0.29, 0.717) is 30.5 Å². The van der Waals surface area contributed by atoms with Gasteiger partial charge in [0, 0.05) is 24.6 Å². The fourth-order valence-electron chi connectivity index (χ4n) is 4.30. The predicted molar refractivity (Wildman–Crippen MR) is 125 cm³/mol. The van der Waals surface area contributed by atoms with Crippen LogP contribution in [0.5, 0.6) is 11.5 Å². The molecule has 2 aromatic rings. The van der Waals surface area contributed by atoms with Crippen LogP contribution in [0.25, 0.3) is 0 Å². The first-order valence-electron chi connectivity index (χ1n) is 11.3. The van der Waals surface area contributed by atoms with Crippen molar-refractivity contribution in [2.75, 3.05) is 20.8 Å². The fourth-order valence-corrected chi connectivity index (χ4v) is 4.30. The molecule has 6 heteroatoms. The topological polar surface area (TPSA) is 76.7 Å². The summed E-state index contributed by atoms with van der Waals surface area (Å²) in [5.74, 6) is 1.96. The van der Waals surface area contributed by atoms with Crippen molar-refractivity contribution in [1.29, 1.82) is 0 Å². The van der Waals surface area contributed by atoms with Crippen molar-refractivity contribution in [2.45, 2.75) is 45.6 Å². The minimum atomic E-state index is -0.0328. The fraction of sp³-hybridized carbons (Fsp3) is 0.462. The van der Waals surface area contributed by atoms with Crippen molar-refractivity contribution < 1.29 is 19.1 Å². The Morgan fingerprint density at radius 1 is 0.969 bits per heavy atom. The molecule has 2 amide bonds. The first kappa shape index (κ1) is 23.6. The van der Waals surface area contributed by atoms with E-state index in [1.165, 1.54) is 5.56 Å². The Hall–Kier alpha value is -3.02. The lowest BCUT2D eigenvalue weighted by Crippen LogP contribution is -2.36. The van der Waals surface area contributed by atoms with Crippen LogP contribution in [0.4, 0.5) is 0 Å². The number of nitrogens with one attached hydrogen (secondary N) is 2. The average molecular weight is 439 g/mol. The molecule has 0 aliphatic heterocycles. The zero-order chi connectivity index (χ0) is 22.9. The molecule has 172 valence electrons. The third-order valence-electron chi connectivity index (χ3n) is 6.19. The van der Waals surface area contributed by atoms with E-state index in [2.05, 4.69) is 29.7 Å². The van der Waals surface area contributed by atoms with Gasteiger partial charge in [-0.3, -0.25) is 9.59 Å². The van der Waals surface area contributed by atoms with E-state index in [0.717, 1.165) is 36.8 Å². The lowest BCUT2D eigenvalue weighted by molar-refractivity contribution is -0.126. The molecule has 0 bridgehead atoms. The number of rotatable bonds is 9. The smallest absolute Gasteiger partial charge is 0.224 e. The van der Waals surface area contributed by atoms with E-state index < -0.39 is 0 Å². The van der Waals surface area contributed by atoms with E-state index in [4.69, 9.17) is 9.47 Å². The Labute approximate surface area is 190 Å². The number of ether oxygens (including phenoxy) is 2. The number of aryl methyl sites for hydroxylation is 1. The molecule has 1 aliphatic rings. The van der Waals surface area contributed by atoms with E-state index in [1.54, 1.807) is 14.2 Å². The van der Waals surface area contributed by atoms with Gasteiger partial charge in [-0.2, -0.15) is 0 Å². The van der Waals surface area contributed by atoms with Crippen LogP contribution in [-0.4, -0.2) is 32.6 Å². The number of hydrogen-bond donors (Lipinski definition) is 2. The van der Waals surface area contributed by atoms with E-state index in [-0.39, 0.29) is 24.2 Å². The van der Waals surface area contributed by atoms with Gasteiger partial charge in [-0.1, -0.05) is 29.8 Å². The minimum absolute atomic E-state index is 0.0328. The van der Waals surface area contributed by atoms with Gasteiger partial charge in [0.25, 0.3) is 0 Å². The Bertz CT molecular complexity index is 920. The lowest BCUT2D eigenvalue weighted by atomic mass is 9.81. The predicted octanol–water partition coefficient (Wildman–Crippen LogP) is 3.79. The quantitative estimate of drug-likeness (QED) is 0.625. The van der Waals surface area contributed by atoms with Crippen LogP contribution < -0.4 is 20.1 Å². The van der Waals surface area contributed by atoms with Crippen molar-refractivity contribution in [3.63, 3.8) is 0 Å². The molecule has 1 aliphatic carbocycles. The molecule has 0 radical (unpaired) electrons. The summed E-state index contributed by atoms with van der Waals surface area (Å²) in [5, 5.41) is 6.13. The molecule has 0 atom stereocenters. The molecular weight excluding hydrogens is 404 g/mol. The molecule has 0 saturated heterocycles. The number of methoxy groups -OCH3 is 2. The van der Waals surface area contributed by atoms with Gasteiger partial charge < -0.3 is 20.1 Å². The highest BCUT2D eigenvalue weighted by Crippen LogP contribution is 2.29. The van der Waals surface area contributed by atoms with E-state index in [1.807, 2.05) is 30.3 Å². The molecule has 0 heterocycles. The number of amides is 2. The van der Waals surface area contributed by atoms with Crippen LogP contribution in [0.1, 0.15) is 42.4 Å². The molecule has 0 aromatic heterocycles.